The van der Waals surface area contributed by atoms with Gasteiger partial charge in [0.15, 0.2) is 5.78 Å². The number of hydrogen-bond donors (Lipinski definition) is 0. The van der Waals surface area contributed by atoms with Crippen molar-refractivity contribution in [1.82, 2.24) is 9.13 Å². The van der Waals surface area contributed by atoms with Crippen molar-refractivity contribution in [2.45, 2.75) is 38.5 Å². The second kappa shape index (κ2) is 11.6. The number of aromatic nitrogens is 2. The number of rotatable bonds is 4. The first-order valence-corrected chi connectivity index (χ1v) is 20.3. The Morgan fingerprint density at radius 1 is 0.379 bits per heavy atom. The van der Waals surface area contributed by atoms with Crippen LogP contribution in [0.3, 0.4) is 0 Å². The maximum absolute atomic E-state index is 14.1. The predicted molar refractivity (Wildman–Crippen MR) is 240 cm³/mol. The van der Waals surface area contributed by atoms with Crippen LogP contribution in [0.5, 0.6) is 0 Å². The summed E-state index contributed by atoms with van der Waals surface area (Å²) in [5, 5.41) is 5.05. The summed E-state index contributed by atoms with van der Waals surface area (Å²) >= 11 is 0. The topological polar surface area (TPSA) is 26.9 Å². The molecule has 0 radical (unpaired) electrons. The van der Waals surface area contributed by atoms with E-state index in [9.17, 15) is 4.79 Å². The van der Waals surface area contributed by atoms with Crippen molar-refractivity contribution in [3.8, 4) is 33.6 Å². The third-order valence-corrected chi connectivity index (χ3v) is 13.5. The minimum absolute atomic E-state index is 0.0101. The van der Waals surface area contributed by atoms with Crippen LogP contribution in [0.1, 0.15) is 65.9 Å². The quantitative estimate of drug-likeness (QED) is 0.165. The summed E-state index contributed by atoms with van der Waals surface area (Å²) in [6.07, 6.45) is 0. The van der Waals surface area contributed by atoms with E-state index >= 15 is 0 Å². The van der Waals surface area contributed by atoms with Gasteiger partial charge >= 0.3 is 0 Å². The van der Waals surface area contributed by atoms with Crippen molar-refractivity contribution < 1.29 is 4.79 Å². The number of ketones is 1. The highest BCUT2D eigenvalue weighted by Gasteiger charge is 2.38. The van der Waals surface area contributed by atoms with Crippen LogP contribution in [-0.4, -0.2) is 14.9 Å². The molecule has 2 aliphatic carbocycles. The molecule has 2 heterocycles. The fraction of sp³-hybridized carbons (Fsp3) is 0.109. The maximum atomic E-state index is 14.1. The number of carbonyl (C=O) groups is 1. The molecule has 10 aromatic rings. The molecule has 0 fully saturated rings. The molecule has 12 rings (SSSR count). The molecule has 8 aromatic carbocycles. The van der Waals surface area contributed by atoms with Gasteiger partial charge in [-0.25, -0.2) is 0 Å². The van der Waals surface area contributed by atoms with Crippen molar-refractivity contribution in [3.05, 3.63) is 203 Å². The first-order valence-electron chi connectivity index (χ1n) is 20.3. The van der Waals surface area contributed by atoms with E-state index in [2.05, 4.69) is 182 Å². The van der Waals surface area contributed by atoms with E-state index in [1.165, 1.54) is 77.1 Å². The molecule has 0 saturated heterocycles. The largest absolute Gasteiger partial charge is 0.309 e. The minimum atomic E-state index is -0.0721. The Morgan fingerprint density at radius 2 is 0.759 bits per heavy atom. The van der Waals surface area contributed by atoms with Crippen LogP contribution in [-0.2, 0) is 10.8 Å². The number of carbonyl (C=O) groups excluding carboxylic acids is 1. The Labute approximate surface area is 337 Å². The lowest BCUT2D eigenvalue weighted by Crippen LogP contribution is -2.14. The number of hydrogen-bond acceptors (Lipinski definition) is 1. The Morgan fingerprint density at radius 3 is 1.19 bits per heavy atom. The zero-order chi connectivity index (χ0) is 39.1. The molecule has 2 aliphatic rings. The molecular weight excluding hydrogens is 705 g/mol. The van der Waals surface area contributed by atoms with Crippen molar-refractivity contribution in [2.75, 3.05) is 0 Å². The van der Waals surface area contributed by atoms with Gasteiger partial charge in [-0.15, -0.1) is 0 Å². The summed E-state index contributed by atoms with van der Waals surface area (Å²) in [6.45, 7) is 9.34. The van der Waals surface area contributed by atoms with E-state index < -0.39 is 0 Å². The average molecular weight is 745 g/mol. The lowest BCUT2D eigenvalue weighted by Gasteiger charge is -2.21. The summed E-state index contributed by atoms with van der Waals surface area (Å²) < 4.78 is 4.70. The van der Waals surface area contributed by atoms with Gasteiger partial charge in [0.1, 0.15) is 0 Å². The molecule has 0 saturated carbocycles. The molecule has 0 atom stereocenters. The standard InChI is InChI=1S/C55H40N2O/c1-54(2)41-17-9-5-13-37(41)49-43(54)29-31-47-51(49)39-15-7-11-19-45(39)56(47)35-25-21-33(22-26-35)53(58)34-23-27-36(28-24-34)57-46-20-12-8-16-40(46)52-48(57)32-30-44-50(52)38-14-6-10-18-42(38)55(44,3)4/h5-32H,1-4H3. The van der Waals surface area contributed by atoms with Crippen LogP contribution in [0.15, 0.2) is 170 Å². The first-order chi connectivity index (χ1) is 28.2. The first kappa shape index (κ1) is 33.2. The van der Waals surface area contributed by atoms with Crippen molar-refractivity contribution in [1.29, 1.82) is 0 Å². The summed E-state index contributed by atoms with van der Waals surface area (Å²) in [7, 11) is 0. The third kappa shape index (κ3) is 4.26. The molecule has 0 N–H and O–H groups in total. The SMILES string of the molecule is CC1(C)c2ccccc2-c2c1ccc1c2c2ccccc2n1-c1ccc(C(=O)c2ccc(-n3c4ccccc4c4c5c(ccc43)C(C)(C)c3ccccc3-5)cc2)cc1. The molecular formula is C55H40N2O. The van der Waals surface area contributed by atoms with Crippen LogP contribution in [0, 0.1) is 0 Å². The van der Waals surface area contributed by atoms with E-state index in [0.29, 0.717) is 11.1 Å². The summed E-state index contributed by atoms with van der Waals surface area (Å²) in [4.78, 5) is 14.1. The normalized spacial score (nSPS) is 14.6. The summed E-state index contributed by atoms with van der Waals surface area (Å²) in [5.41, 5.74) is 18.7. The zero-order valence-electron chi connectivity index (χ0n) is 33.0. The Balaban J connectivity index is 0.923. The van der Waals surface area contributed by atoms with Crippen LogP contribution in [0.4, 0.5) is 0 Å². The Kier molecular flexibility index (Phi) is 6.61. The molecule has 0 bridgehead atoms. The zero-order valence-corrected chi connectivity index (χ0v) is 33.0. The van der Waals surface area contributed by atoms with Gasteiger partial charge in [-0.05, 0) is 117 Å². The van der Waals surface area contributed by atoms with E-state index in [4.69, 9.17) is 0 Å². The monoisotopic (exact) mass is 744 g/mol. The van der Waals surface area contributed by atoms with E-state index in [1.807, 2.05) is 24.3 Å². The summed E-state index contributed by atoms with van der Waals surface area (Å²) in [5.74, 6) is 0.0101. The van der Waals surface area contributed by atoms with Crippen molar-refractivity contribution in [3.63, 3.8) is 0 Å². The lowest BCUT2D eigenvalue weighted by molar-refractivity contribution is 0.103. The van der Waals surface area contributed by atoms with Gasteiger partial charge in [0.05, 0.1) is 22.1 Å². The van der Waals surface area contributed by atoms with E-state index in [1.54, 1.807) is 0 Å². The van der Waals surface area contributed by atoms with Gasteiger partial charge in [0.25, 0.3) is 0 Å². The molecule has 0 spiro atoms. The van der Waals surface area contributed by atoms with Crippen LogP contribution in [0.25, 0.3) is 77.2 Å². The average Bonchev–Trinajstić information content (AvgIpc) is 3.92. The molecule has 0 aliphatic heterocycles. The maximum Gasteiger partial charge on any atom is 0.193 e. The van der Waals surface area contributed by atoms with Gasteiger partial charge in [-0.1, -0.05) is 125 Å². The molecule has 3 nitrogen and oxygen atoms in total. The Hall–Kier alpha value is -6.97. The van der Waals surface area contributed by atoms with Crippen LogP contribution >= 0.6 is 0 Å². The van der Waals surface area contributed by atoms with Crippen molar-refractivity contribution in [2.24, 2.45) is 0 Å². The van der Waals surface area contributed by atoms with Gasteiger partial charge in [-0.3, -0.25) is 4.79 Å². The lowest BCUT2D eigenvalue weighted by atomic mass is 9.82. The fourth-order valence-corrected chi connectivity index (χ4v) is 10.8. The highest BCUT2D eigenvalue weighted by Crippen LogP contribution is 2.54. The van der Waals surface area contributed by atoms with E-state index in [-0.39, 0.29) is 16.6 Å². The van der Waals surface area contributed by atoms with Gasteiger partial charge in [-0.2, -0.15) is 0 Å². The Bertz CT molecular complexity index is 3160. The number of fused-ring (bicyclic) bond motifs is 14. The third-order valence-electron chi connectivity index (χ3n) is 13.5. The molecule has 0 unspecified atom stereocenters. The molecule has 58 heavy (non-hydrogen) atoms. The summed E-state index contributed by atoms with van der Waals surface area (Å²) in [6, 6.07) is 60.6. The van der Waals surface area contributed by atoms with Crippen LogP contribution < -0.4 is 0 Å². The van der Waals surface area contributed by atoms with Gasteiger partial charge in [0.2, 0.25) is 0 Å². The van der Waals surface area contributed by atoms with E-state index in [0.717, 1.165) is 22.4 Å². The van der Waals surface area contributed by atoms with Gasteiger partial charge < -0.3 is 9.13 Å². The highest BCUT2D eigenvalue weighted by molar-refractivity contribution is 6.19. The van der Waals surface area contributed by atoms with Gasteiger partial charge in [0, 0.05) is 54.9 Å². The predicted octanol–water partition coefficient (Wildman–Crippen LogP) is 13.7. The molecule has 0 amide bonds. The van der Waals surface area contributed by atoms with Crippen molar-refractivity contribution >= 4 is 49.4 Å². The highest BCUT2D eigenvalue weighted by atomic mass is 16.1. The smallest absolute Gasteiger partial charge is 0.193 e. The molecule has 2 aromatic heterocycles. The second-order valence-corrected chi connectivity index (χ2v) is 17.2. The molecule has 276 valence electrons. The minimum Gasteiger partial charge on any atom is -0.309 e. The molecule has 3 heteroatoms. The number of para-hydroxylation sites is 2. The number of nitrogens with zero attached hydrogens (tertiary/aromatic N) is 2. The fourth-order valence-electron chi connectivity index (χ4n) is 10.8. The second-order valence-electron chi connectivity index (χ2n) is 17.2. The van der Waals surface area contributed by atoms with Crippen LogP contribution in [0.2, 0.25) is 0 Å². The number of benzene rings is 8.